The van der Waals surface area contributed by atoms with E-state index in [0.29, 0.717) is 49.0 Å². The molecule has 0 saturated carbocycles. The number of carboxylic acids is 1. The topological polar surface area (TPSA) is 120 Å². The van der Waals surface area contributed by atoms with Crippen molar-refractivity contribution in [2.45, 2.75) is 13.0 Å². The molecule has 1 atom stereocenters. The zero-order valence-electron chi connectivity index (χ0n) is 24.0. The second-order valence-electron chi connectivity index (χ2n) is 9.91. The molecule has 1 aliphatic heterocycles. The molecule has 0 saturated heterocycles. The Kier molecular flexibility index (Phi) is 8.25. The minimum Gasteiger partial charge on any atom is -0.497 e. The maximum absolute atomic E-state index is 14.1. The number of aromatic carboxylic acids is 1. The Labute approximate surface area is 265 Å². The molecule has 0 unspecified atom stereocenters. The van der Waals surface area contributed by atoms with Crippen LogP contribution in [0.2, 0.25) is 5.02 Å². The van der Waals surface area contributed by atoms with E-state index in [9.17, 15) is 19.5 Å². The van der Waals surface area contributed by atoms with Gasteiger partial charge in [0.15, 0.2) is 4.80 Å². The smallest absolute Gasteiger partial charge is 0.338 e. The third-order valence-electron chi connectivity index (χ3n) is 7.19. The molecule has 226 valence electrons. The number of carbonyl (C=O) groups excluding carboxylic acids is 1. The predicted molar refractivity (Wildman–Crippen MR) is 170 cm³/mol. The quantitative estimate of drug-likeness (QED) is 0.221. The van der Waals surface area contributed by atoms with Gasteiger partial charge in [0.25, 0.3) is 5.56 Å². The Bertz CT molecular complexity index is 2140. The first-order chi connectivity index (χ1) is 21.8. The number of aromatic nitrogens is 1. The number of carboxylic acid groups (broad SMARTS) is 1. The summed E-state index contributed by atoms with van der Waals surface area (Å²) in [5.74, 6) is -0.329. The van der Waals surface area contributed by atoms with Gasteiger partial charge in [-0.3, -0.25) is 9.36 Å². The van der Waals surface area contributed by atoms with E-state index in [1.807, 2.05) is 42.5 Å². The SMILES string of the molecule is CCOC(=O)C1=C(c2ccccc2)N=c2s/c(=C\c3ccc(-c4ccc(Cl)c(C(=O)O)c4)o3)c(=O)n2[C@H]1c1ccc(OC)cc1. The Morgan fingerprint density at radius 3 is 2.49 bits per heavy atom. The van der Waals surface area contributed by atoms with E-state index in [0.717, 1.165) is 11.3 Å². The number of rotatable bonds is 8. The molecule has 1 N–H and O–H groups in total. The molecule has 45 heavy (non-hydrogen) atoms. The number of furan rings is 1. The van der Waals surface area contributed by atoms with Crippen molar-refractivity contribution in [2.24, 2.45) is 4.99 Å². The molecule has 6 rings (SSSR count). The Hall–Kier alpha value is -5.19. The monoisotopic (exact) mass is 640 g/mol. The van der Waals surface area contributed by atoms with Crippen molar-refractivity contribution < 1.29 is 28.6 Å². The zero-order chi connectivity index (χ0) is 31.7. The van der Waals surface area contributed by atoms with Crippen molar-refractivity contribution >= 4 is 46.6 Å². The molecule has 11 heteroatoms. The van der Waals surface area contributed by atoms with Crippen LogP contribution in [0.15, 0.2) is 105 Å². The number of benzene rings is 3. The van der Waals surface area contributed by atoms with Gasteiger partial charge < -0.3 is 19.0 Å². The van der Waals surface area contributed by atoms with Gasteiger partial charge in [-0.2, -0.15) is 0 Å². The molecule has 2 aromatic heterocycles. The lowest BCUT2D eigenvalue weighted by Gasteiger charge is -2.26. The van der Waals surface area contributed by atoms with Crippen molar-refractivity contribution in [2.75, 3.05) is 13.7 Å². The van der Waals surface area contributed by atoms with Crippen LogP contribution in [0.5, 0.6) is 5.75 Å². The molecule has 0 amide bonds. The van der Waals surface area contributed by atoms with E-state index in [1.165, 1.54) is 16.7 Å². The number of methoxy groups -OCH3 is 1. The highest BCUT2D eigenvalue weighted by Crippen LogP contribution is 2.36. The standard InChI is InChI=1S/C34H25ClN2O7S/c1-3-43-33(41)28-29(19-7-5-4-6-8-19)36-34-37(30(28)20-9-12-22(42-2)13-10-20)31(38)27(45-34)18-23-14-16-26(44-23)21-11-15-25(35)24(17-21)32(39)40/h4-18,30H,3H2,1-2H3,(H,39,40)/b27-18-/t30-/m0/s1. The van der Waals surface area contributed by atoms with E-state index < -0.39 is 18.0 Å². The number of thiazole rings is 1. The highest BCUT2D eigenvalue weighted by atomic mass is 35.5. The van der Waals surface area contributed by atoms with E-state index in [4.69, 9.17) is 30.5 Å². The summed E-state index contributed by atoms with van der Waals surface area (Å²) in [6, 6.07) is 23.6. The van der Waals surface area contributed by atoms with Crippen molar-refractivity contribution in [1.82, 2.24) is 4.57 Å². The largest absolute Gasteiger partial charge is 0.497 e. The summed E-state index contributed by atoms with van der Waals surface area (Å²) in [4.78, 5) is 44.5. The number of fused-ring (bicyclic) bond motifs is 1. The third kappa shape index (κ3) is 5.73. The van der Waals surface area contributed by atoms with Crippen molar-refractivity contribution in [3.8, 4) is 17.1 Å². The first-order valence-electron chi connectivity index (χ1n) is 13.8. The fraction of sp³-hybridized carbons (Fsp3) is 0.118. The molecule has 3 heterocycles. The van der Waals surface area contributed by atoms with Gasteiger partial charge in [0, 0.05) is 17.2 Å². The maximum atomic E-state index is 14.1. The van der Waals surface area contributed by atoms with Crippen LogP contribution in [0.1, 0.15) is 40.2 Å². The van der Waals surface area contributed by atoms with Gasteiger partial charge in [0.2, 0.25) is 0 Å². The number of nitrogens with zero attached hydrogens (tertiary/aromatic N) is 2. The predicted octanol–water partition coefficient (Wildman–Crippen LogP) is 5.56. The summed E-state index contributed by atoms with van der Waals surface area (Å²) < 4.78 is 18.7. The molecule has 5 aromatic rings. The van der Waals surface area contributed by atoms with Gasteiger partial charge in [0.1, 0.15) is 17.3 Å². The first kappa shape index (κ1) is 29.9. The van der Waals surface area contributed by atoms with Crippen LogP contribution in [-0.2, 0) is 9.53 Å². The zero-order valence-corrected chi connectivity index (χ0v) is 25.6. The highest BCUT2D eigenvalue weighted by molar-refractivity contribution is 7.07. The van der Waals surface area contributed by atoms with Crippen LogP contribution in [0.4, 0.5) is 0 Å². The molecular weight excluding hydrogens is 616 g/mol. The van der Waals surface area contributed by atoms with Gasteiger partial charge in [-0.25, -0.2) is 14.6 Å². The van der Waals surface area contributed by atoms with Crippen LogP contribution in [-0.4, -0.2) is 35.3 Å². The second-order valence-corrected chi connectivity index (χ2v) is 11.3. The van der Waals surface area contributed by atoms with Gasteiger partial charge in [-0.1, -0.05) is 65.4 Å². The Balaban J connectivity index is 1.53. The number of esters is 1. The van der Waals surface area contributed by atoms with Crippen molar-refractivity contribution in [3.05, 3.63) is 138 Å². The van der Waals surface area contributed by atoms with Gasteiger partial charge >= 0.3 is 11.9 Å². The lowest BCUT2D eigenvalue weighted by Crippen LogP contribution is -2.40. The summed E-state index contributed by atoms with van der Waals surface area (Å²) >= 11 is 7.19. The van der Waals surface area contributed by atoms with Gasteiger partial charge in [-0.05, 0) is 55.0 Å². The van der Waals surface area contributed by atoms with Gasteiger partial charge in [-0.15, -0.1) is 0 Å². The molecule has 3 aromatic carbocycles. The van der Waals surface area contributed by atoms with E-state index >= 15 is 0 Å². The molecule has 0 radical (unpaired) electrons. The fourth-order valence-corrected chi connectivity index (χ4v) is 6.28. The summed E-state index contributed by atoms with van der Waals surface area (Å²) in [6.45, 7) is 1.87. The fourth-order valence-electron chi connectivity index (χ4n) is 5.10. The molecule has 9 nitrogen and oxygen atoms in total. The molecule has 0 fully saturated rings. The molecule has 0 spiro atoms. The number of hydrogen-bond acceptors (Lipinski definition) is 8. The second kappa shape index (κ2) is 12.4. The Morgan fingerprint density at radius 2 is 1.80 bits per heavy atom. The van der Waals surface area contributed by atoms with Gasteiger partial charge in [0.05, 0.1) is 46.1 Å². The molecule has 0 bridgehead atoms. The maximum Gasteiger partial charge on any atom is 0.338 e. The lowest BCUT2D eigenvalue weighted by atomic mass is 9.93. The summed E-state index contributed by atoms with van der Waals surface area (Å²) in [5, 5.41) is 9.56. The van der Waals surface area contributed by atoms with Crippen LogP contribution < -0.4 is 19.6 Å². The van der Waals surface area contributed by atoms with E-state index in [-0.39, 0.29) is 28.3 Å². The molecule has 0 aliphatic carbocycles. The number of hydrogen-bond donors (Lipinski definition) is 1. The summed E-state index contributed by atoms with van der Waals surface area (Å²) in [5.41, 5.74) is 2.13. The minimum atomic E-state index is -1.15. The Morgan fingerprint density at radius 1 is 1.04 bits per heavy atom. The van der Waals surface area contributed by atoms with Crippen molar-refractivity contribution in [3.63, 3.8) is 0 Å². The molecular formula is C34H25ClN2O7S. The molecule has 1 aliphatic rings. The number of halogens is 1. The normalized spacial score (nSPS) is 14.6. The number of carbonyl (C=O) groups is 2. The van der Waals surface area contributed by atoms with E-state index in [2.05, 4.69) is 0 Å². The van der Waals surface area contributed by atoms with Crippen LogP contribution >= 0.6 is 22.9 Å². The average molecular weight is 641 g/mol. The summed E-state index contributed by atoms with van der Waals surface area (Å²) in [7, 11) is 1.56. The first-order valence-corrected chi connectivity index (χ1v) is 15.0. The van der Waals surface area contributed by atoms with Crippen LogP contribution in [0.25, 0.3) is 23.1 Å². The number of ether oxygens (including phenoxy) is 2. The van der Waals surface area contributed by atoms with E-state index in [1.54, 1.807) is 50.4 Å². The summed E-state index contributed by atoms with van der Waals surface area (Å²) in [6.07, 6.45) is 1.60. The minimum absolute atomic E-state index is 0.0504. The third-order valence-corrected chi connectivity index (χ3v) is 8.50. The highest BCUT2D eigenvalue weighted by Gasteiger charge is 2.35. The average Bonchev–Trinajstić information content (AvgIpc) is 3.65. The lowest BCUT2D eigenvalue weighted by molar-refractivity contribution is -0.138. The van der Waals surface area contributed by atoms with Crippen LogP contribution in [0, 0.1) is 0 Å². The van der Waals surface area contributed by atoms with Crippen molar-refractivity contribution in [1.29, 1.82) is 0 Å². The van der Waals surface area contributed by atoms with Crippen LogP contribution in [0.3, 0.4) is 0 Å².